The normalized spacial score (nSPS) is 10.9. The van der Waals surface area contributed by atoms with E-state index in [1.807, 2.05) is 26.0 Å². The summed E-state index contributed by atoms with van der Waals surface area (Å²) >= 11 is 2.93. The fourth-order valence-corrected chi connectivity index (χ4v) is 5.53. The number of nitrogens with zero attached hydrogens (tertiary/aromatic N) is 1. The molecule has 158 valence electrons. The highest BCUT2D eigenvalue weighted by Crippen LogP contribution is 2.29. The van der Waals surface area contributed by atoms with Crippen LogP contribution in [0.25, 0.3) is 10.8 Å². The second-order valence-corrected chi connectivity index (χ2v) is 9.67. The van der Waals surface area contributed by atoms with Crippen LogP contribution in [0, 0.1) is 13.8 Å². The SMILES string of the molecule is COC(=O)c1cc(C)sc1NC(=O)Cc1sc(Cc2cccc3ccccc23)nc1C. The van der Waals surface area contributed by atoms with Gasteiger partial charge in [-0.3, -0.25) is 4.79 Å². The minimum Gasteiger partial charge on any atom is -0.465 e. The number of nitrogens with one attached hydrogen (secondary N) is 1. The van der Waals surface area contributed by atoms with Crippen molar-refractivity contribution in [1.29, 1.82) is 0 Å². The molecule has 0 aliphatic carbocycles. The highest BCUT2D eigenvalue weighted by Gasteiger charge is 2.19. The zero-order valence-corrected chi connectivity index (χ0v) is 19.2. The fourth-order valence-electron chi connectivity index (χ4n) is 3.52. The number of esters is 1. The van der Waals surface area contributed by atoms with Crippen molar-refractivity contribution in [1.82, 2.24) is 4.98 Å². The number of rotatable bonds is 6. The molecule has 0 unspecified atom stereocenters. The van der Waals surface area contributed by atoms with E-state index >= 15 is 0 Å². The number of thiazole rings is 1. The summed E-state index contributed by atoms with van der Waals surface area (Å²) in [5.41, 5.74) is 2.47. The maximum absolute atomic E-state index is 12.7. The number of carbonyl (C=O) groups excluding carboxylic acids is 2. The predicted octanol–water partition coefficient (Wildman–Crippen LogP) is 5.53. The molecular formula is C24H22N2O3S2. The molecule has 0 aliphatic rings. The van der Waals surface area contributed by atoms with Crippen molar-refractivity contribution in [2.75, 3.05) is 12.4 Å². The molecule has 4 rings (SSSR count). The molecule has 0 bridgehead atoms. The smallest absolute Gasteiger partial charge is 0.340 e. The number of hydrogen-bond acceptors (Lipinski definition) is 6. The lowest BCUT2D eigenvalue weighted by Crippen LogP contribution is -2.15. The zero-order valence-electron chi connectivity index (χ0n) is 17.5. The molecule has 5 nitrogen and oxygen atoms in total. The summed E-state index contributed by atoms with van der Waals surface area (Å²) in [5.74, 6) is -0.624. The Morgan fingerprint density at radius 3 is 2.65 bits per heavy atom. The Morgan fingerprint density at radius 2 is 1.84 bits per heavy atom. The molecule has 0 aliphatic heterocycles. The second kappa shape index (κ2) is 8.99. The van der Waals surface area contributed by atoms with Gasteiger partial charge in [-0.05, 0) is 36.2 Å². The summed E-state index contributed by atoms with van der Waals surface area (Å²) in [6, 6.07) is 16.3. The summed E-state index contributed by atoms with van der Waals surface area (Å²) in [5, 5.41) is 6.80. The van der Waals surface area contributed by atoms with E-state index in [4.69, 9.17) is 9.72 Å². The first kappa shape index (κ1) is 21.2. The first-order valence-corrected chi connectivity index (χ1v) is 11.5. The molecule has 31 heavy (non-hydrogen) atoms. The lowest BCUT2D eigenvalue weighted by molar-refractivity contribution is -0.115. The van der Waals surface area contributed by atoms with Gasteiger partial charge in [0.25, 0.3) is 0 Å². The van der Waals surface area contributed by atoms with Gasteiger partial charge >= 0.3 is 5.97 Å². The average Bonchev–Trinajstić information content (AvgIpc) is 3.29. The minimum atomic E-state index is -0.453. The van der Waals surface area contributed by atoms with Crippen LogP contribution in [0.1, 0.15) is 36.4 Å². The van der Waals surface area contributed by atoms with Crippen LogP contribution in [0.15, 0.2) is 48.5 Å². The zero-order chi connectivity index (χ0) is 22.0. The first-order chi connectivity index (χ1) is 14.9. The van der Waals surface area contributed by atoms with Gasteiger partial charge in [0.15, 0.2) is 0 Å². The van der Waals surface area contributed by atoms with Crippen LogP contribution in [-0.2, 0) is 22.4 Å². The Hall–Kier alpha value is -3.03. The lowest BCUT2D eigenvalue weighted by Gasteiger charge is -2.05. The molecular weight excluding hydrogens is 428 g/mol. The Kier molecular flexibility index (Phi) is 6.15. The molecule has 2 heterocycles. The quantitative estimate of drug-likeness (QED) is 0.392. The largest absolute Gasteiger partial charge is 0.465 e. The van der Waals surface area contributed by atoms with Gasteiger partial charge in [-0.15, -0.1) is 22.7 Å². The van der Waals surface area contributed by atoms with E-state index in [0.29, 0.717) is 10.6 Å². The number of thiophene rings is 1. The summed E-state index contributed by atoms with van der Waals surface area (Å²) in [7, 11) is 1.33. The van der Waals surface area contributed by atoms with Crippen molar-refractivity contribution < 1.29 is 14.3 Å². The number of aryl methyl sites for hydroxylation is 2. The van der Waals surface area contributed by atoms with Gasteiger partial charge in [0.05, 0.1) is 29.8 Å². The number of methoxy groups -OCH3 is 1. The van der Waals surface area contributed by atoms with Crippen LogP contribution in [-0.4, -0.2) is 24.0 Å². The number of ether oxygens (including phenoxy) is 1. The van der Waals surface area contributed by atoms with Crippen molar-refractivity contribution in [3.63, 3.8) is 0 Å². The molecule has 7 heteroatoms. The van der Waals surface area contributed by atoms with E-state index in [0.717, 1.165) is 26.9 Å². The van der Waals surface area contributed by atoms with Crippen molar-refractivity contribution in [2.24, 2.45) is 0 Å². The molecule has 0 saturated carbocycles. The van der Waals surface area contributed by atoms with E-state index in [1.165, 1.54) is 34.8 Å². The van der Waals surface area contributed by atoms with Gasteiger partial charge in [-0.25, -0.2) is 9.78 Å². The van der Waals surface area contributed by atoms with Crippen molar-refractivity contribution >= 4 is 50.3 Å². The van der Waals surface area contributed by atoms with Crippen LogP contribution < -0.4 is 5.32 Å². The van der Waals surface area contributed by atoms with E-state index in [-0.39, 0.29) is 12.3 Å². The molecule has 4 aromatic rings. The standard InChI is InChI=1S/C24H22N2O3S2/c1-14-11-19(24(28)29-3)23(30-14)26-21(27)13-20-15(2)25-22(31-20)12-17-9-6-8-16-7-4-5-10-18(16)17/h4-11H,12-13H2,1-3H3,(H,26,27). The Balaban J connectivity index is 1.49. The molecule has 0 radical (unpaired) electrons. The average molecular weight is 451 g/mol. The number of anilines is 1. The molecule has 0 fully saturated rings. The number of fused-ring (bicyclic) bond motifs is 1. The summed E-state index contributed by atoms with van der Waals surface area (Å²) in [6.45, 7) is 3.82. The molecule has 2 aromatic heterocycles. The van der Waals surface area contributed by atoms with Gasteiger partial charge in [-0.2, -0.15) is 0 Å². The molecule has 0 saturated heterocycles. The lowest BCUT2D eigenvalue weighted by atomic mass is 10.0. The van der Waals surface area contributed by atoms with Crippen LogP contribution in [0.4, 0.5) is 5.00 Å². The highest BCUT2D eigenvalue weighted by molar-refractivity contribution is 7.16. The maximum Gasteiger partial charge on any atom is 0.340 e. The molecule has 0 spiro atoms. The first-order valence-electron chi connectivity index (χ1n) is 9.85. The third-order valence-electron chi connectivity index (χ3n) is 4.99. The van der Waals surface area contributed by atoms with E-state index in [1.54, 1.807) is 17.4 Å². The molecule has 1 N–H and O–H groups in total. The van der Waals surface area contributed by atoms with Crippen molar-refractivity contribution in [3.8, 4) is 0 Å². The summed E-state index contributed by atoms with van der Waals surface area (Å²) < 4.78 is 4.81. The second-order valence-electron chi connectivity index (χ2n) is 7.25. The van der Waals surface area contributed by atoms with Crippen LogP contribution >= 0.6 is 22.7 Å². The predicted molar refractivity (Wildman–Crippen MR) is 126 cm³/mol. The van der Waals surface area contributed by atoms with Crippen molar-refractivity contribution in [3.05, 3.63) is 80.1 Å². The van der Waals surface area contributed by atoms with Crippen LogP contribution in [0.5, 0.6) is 0 Å². The third kappa shape index (κ3) is 4.68. The minimum absolute atomic E-state index is 0.171. The van der Waals surface area contributed by atoms with E-state index in [9.17, 15) is 9.59 Å². The van der Waals surface area contributed by atoms with E-state index < -0.39 is 5.97 Å². The Labute approximate surface area is 188 Å². The Bertz CT molecular complexity index is 1270. The summed E-state index contributed by atoms with van der Waals surface area (Å²) in [6.07, 6.45) is 0.946. The Morgan fingerprint density at radius 1 is 1.06 bits per heavy atom. The monoisotopic (exact) mass is 450 g/mol. The topological polar surface area (TPSA) is 68.3 Å². The molecule has 1 amide bonds. The number of aromatic nitrogens is 1. The number of amides is 1. The van der Waals surface area contributed by atoms with Gasteiger partial charge < -0.3 is 10.1 Å². The maximum atomic E-state index is 12.7. The van der Waals surface area contributed by atoms with Crippen LogP contribution in [0.2, 0.25) is 0 Å². The van der Waals surface area contributed by atoms with Crippen LogP contribution in [0.3, 0.4) is 0 Å². The van der Waals surface area contributed by atoms with Gasteiger partial charge in [0.2, 0.25) is 5.91 Å². The summed E-state index contributed by atoms with van der Waals surface area (Å²) in [4.78, 5) is 31.2. The number of benzene rings is 2. The number of carbonyl (C=O) groups is 2. The fraction of sp³-hybridized carbons (Fsp3) is 0.208. The van der Waals surface area contributed by atoms with Gasteiger partial charge in [0, 0.05) is 16.2 Å². The van der Waals surface area contributed by atoms with Crippen molar-refractivity contribution in [2.45, 2.75) is 26.7 Å². The van der Waals surface area contributed by atoms with E-state index in [2.05, 4.69) is 35.6 Å². The van der Waals surface area contributed by atoms with Gasteiger partial charge in [0.1, 0.15) is 5.00 Å². The number of hydrogen-bond donors (Lipinski definition) is 1. The van der Waals surface area contributed by atoms with Gasteiger partial charge in [-0.1, -0.05) is 42.5 Å². The molecule has 0 atom stereocenters. The highest BCUT2D eigenvalue weighted by atomic mass is 32.1. The molecule has 2 aromatic carbocycles. The third-order valence-corrected chi connectivity index (χ3v) is 7.12.